The van der Waals surface area contributed by atoms with E-state index in [1.54, 1.807) is 0 Å². The van der Waals surface area contributed by atoms with Gasteiger partial charge in [0.1, 0.15) is 5.82 Å². The van der Waals surface area contributed by atoms with Crippen LogP contribution in [0.5, 0.6) is 0 Å². The number of benzene rings is 2. The highest BCUT2D eigenvalue weighted by Crippen LogP contribution is 2.32. The molecule has 0 fully saturated rings. The number of carbonyl (C=O) groups excluding carboxylic acids is 1. The van der Waals surface area contributed by atoms with Gasteiger partial charge >= 0.3 is 0 Å². The number of hydrogen-bond acceptors (Lipinski definition) is 5. The van der Waals surface area contributed by atoms with E-state index in [1.165, 1.54) is 0 Å². The highest BCUT2D eigenvalue weighted by atomic mass is 16.1. The van der Waals surface area contributed by atoms with Gasteiger partial charge in [0.2, 0.25) is 5.95 Å². The number of fused-ring (bicyclic) bond motifs is 1. The first kappa shape index (κ1) is 17.2. The molecule has 1 aliphatic rings. The van der Waals surface area contributed by atoms with Crippen molar-refractivity contribution < 1.29 is 4.79 Å². The Bertz CT molecular complexity index is 985. The molecule has 3 aromatic rings. The van der Waals surface area contributed by atoms with Crippen LogP contribution in [0.2, 0.25) is 0 Å². The van der Waals surface area contributed by atoms with E-state index in [2.05, 4.69) is 27.5 Å². The first-order valence-electron chi connectivity index (χ1n) is 9.19. The lowest BCUT2D eigenvalue weighted by Gasteiger charge is -2.23. The summed E-state index contributed by atoms with van der Waals surface area (Å²) in [5, 5.41) is 6.61. The highest BCUT2D eigenvalue weighted by molar-refractivity contribution is 6.03. The second-order valence-electron chi connectivity index (χ2n) is 7.09. The van der Waals surface area contributed by atoms with Gasteiger partial charge in [-0.3, -0.25) is 4.79 Å². The molecule has 2 N–H and O–H groups in total. The summed E-state index contributed by atoms with van der Waals surface area (Å²) in [5.41, 5.74) is 4.38. The molecule has 0 bridgehead atoms. The molecular weight excluding hydrogens is 336 g/mol. The maximum absolute atomic E-state index is 12.7. The number of aromatic nitrogens is 2. The molecule has 136 valence electrons. The zero-order valence-corrected chi connectivity index (χ0v) is 15.5. The lowest BCUT2D eigenvalue weighted by Crippen LogP contribution is -2.22. The predicted octanol–water partition coefficient (Wildman–Crippen LogP) is 5.04. The minimum atomic E-state index is 0.103. The summed E-state index contributed by atoms with van der Waals surface area (Å²) in [6, 6.07) is 17.8. The molecule has 0 aliphatic heterocycles. The van der Waals surface area contributed by atoms with Crippen molar-refractivity contribution in [3.05, 3.63) is 71.4 Å². The van der Waals surface area contributed by atoms with Crippen LogP contribution in [0.4, 0.5) is 23.1 Å². The van der Waals surface area contributed by atoms with E-state index in [0.29, 0.717) is 23.8 Å². The molecule has 1 unspecified atom stereocenters. The van der Waals surface area contributed by atoms with Gasteiger partial charge in [-0.2, -0.15) is 4.98 Å². The van der Waals surface area contributed by atoms with Gasteiger partial charge in [-0.05, 0) is 43.0 Å². The third kappa shape index (κ3) is 3.67. The molecule has 0 saturated carbocycles. The molecule has 0 saturated heterocycles. The molecule has 2 aromatic carbocycles. The topological polar surface area (TPSA) is 66.9 Å². The van der Waals surface area contributed by atoms with Crippen molar-refractivity contribution in [1.82, 2.24) is 9.97 Å². The SMILES string of the molecule is Cc1ccccc1Nc1nc(Nc2ccccc2)nc2c1C(=O)CC(C)C2. The Labute approximate surface area is 158 Å². The van der Waals surface area contributed by atoms with Gasteiger partial charge in [0.25, 0.3) is 0 Å². The fourth-order valence-electron chi connectivity index (χ4n) is 3.41. The van der Waals surface area contributed by atoms with E-state index in [0.717, 1.165) is 29.1 Å². The number of aryl methyl sites for hydroxylation is 1. The third-order valence-corrected chi connectivity index (χ3v) is 4.77. The van der Waals surface area contributed by atoms with Gasteiger partial charge in [-0.1, -0.05) is 43.3 Å². The Morgan fingerprint density at radius 1 is 0.926 bits per heavy atom. The number of para-hydroxylation sites is 2. The van der Waals surface area contributed by atoms with Crippen LogP contribution in [0.3, 0.4) is 0 Å². The Balaban J connectivity index is 1.77. The summed E-state index contributed by atoms with van der Waals surface area (Å²) in [6.07, 6.45) is 1.31. The number of rotatable bonds is 4. The first-order valence-corrected chi connectivity index (χ1v) is 9.19. The van der Waals surface area contributed by atoms with Crippen molar-refractivity contribution in [3.8, 4) is 0 Å². The molecule has 27 heavy (non-hydrogen) atoms. The quantitative estimate of drug-likeness (QED) is 0.684. The molecule has 4 rings (SSSR count). The molecule has 0 amide bonds. The fourth-order valence-corrected chi connectivity index (χ4v) is 3.41. The number of nitrogens with one attached hydrogen (secondary N) is 2. The number of anilines is 4. The fraction of sp³-hybridized carbons (Fsp3) is 0.227. The predicted molar refractivity (Wildman–Crippen MR) is 108 cm³/mol. The summed E-state index contributed by atoms with van der Waals surface area (Å²) in [4.78, 5) is 22.0. The highest BCUT2D eigenvalue weighted by Gasteiger charge is 2.28. The van der Waals surface area contributed by atoms with Crippen LogP contribution in [-0.2, 0) is 6.42 Å². The molecule has 0 spiro atoms. The largest absolute Gasteiger partial charge is 0.339 e. The lowest BCUT2D eigenvalue weighted by molar-refractivity contribution is 0.0953. The number of hydrogen-bond donors (Lipinski definition) is 2. The Kier molecular flexibility index (Phi) is 4.59. The van der Waals surface area contributed by atoms with Crippen molar-refractivity contribution in [1.29, 1.82) is 0 Å². The van der Waals surface area contributed by atoms with Crippen molar-refractivity contribution in [3.63, 3.8) is 0 Å². The van der Waals surface area contributed by atoms with E-state index in [-0.39, 0.29) is 11.7 Å². The van der Waals surface area contributed by atoms with Crippen LogP contribution >= 0.6 is 0 Å². The zero-order valence-electron chi connectivity index (χ0n) is 15.5. The number of nitrogens with zero attached hydrogens (tertiary/aromatic N) is 2. The van der Waals surface area contributed by atoms with Gasteiger partial charge in [-0.15, -0.1) is 0 Å². The van der Waals surface area contributed by atoms with Gasteiger partial charge in [0, 0.05) is 17.8 Å². The summed E-state index contributed by atoms with van der Waals surface area (Å²) in [5.74, 6) is 1.46. The third-order valence-electron chi connectivity index (χ3n) is 4.77. The lowest BCUT2D eigenvalue weighted by atomic mass is 9.87. The monoisotopic (exact) mass is 358 g/mol. The zero-order chi connectivity index (χ0) is 18.8. The van der Waals surface area contributed by atoms with E-state index in [1.807, 2.05) is 61.5 Å². The Morgan fingerprint density at radius 2 is 1.67 bits per heavy atom. The Morgan fingerprint density at radius 3 is 2.44 bits per heavy atom. The summed E-state index contributed by atoms with van der Waals surface area (Å²) >= 11 is 0. The molecular formula is C22H22N4O. The van der Waals surface area contributed by atoms with Gasteiger partial charge in [0.05, 0.1) is 11.3 Å². The first-order chi connectivity index (χ1) is 13.1. The van der Waals surface area contributed by atoms with Crippen LogP contribution in [0.15, 0.2) is 54.6 Å². The van der Waals surface area contributed by atoms with Crippen LogP contribution in [0.1, 0.15) is 35.0 Å². The summed E-state index contributed by atoms with van der Waals surface area (Å²) in [7, 11) is 0. The van der Waals surface area contributed by atoms with Crippen molar-refractivity contribution in [2.24, 2.45) is 5.92 Å². The number of ketones is 1. The number of carbonyl (C=O) groups is 1. The molecule has 1 atom stereocenters. The summed E-state index contributed by atoms with van der Waals surface area (Å²) < 4.78 is 0. The molecule has 1 heterocycles. The van der Waals surface area contributed by atoms with Gasteiger partial charge < -0.3 is 10.6 Å². The number of Topliss-reactive ketones (excluding diaryl/α,β-unsaturated/α-hetero) is 1. The average Bonchev–Trinajstić information content (AvgIpc) is 2.63. The maximum Gasteiger partial charge on any atom is 0.229 e. The molecule has 5 nitrogen and oxygen atoms in total. The van der Waals surface area contributed by atoms with E-state index >= 15 is 0 Å². The van der Waals surface area contributed by atoms with Crippen LogP contribution in [0.25, 0.3) is 0 Å². The van der Waals surface area contributed by atoms with Crippen LogP contribution < -0.4 is 10.6 Å². The van der Waals surface area contributed by atoms with Gasteiger partial charge in [0.15, 0.2) is 5.78 Å². The normalized spacial score (nSPS) is 15.9. The second kappa shape index (κ2) is 7.19. The molecule has 1 aromatic heterocycles. The van der Waals surface area contributed by atoms with Crippen molar-refractivity contribution in [2.45, 2.75) is 26.7 Å². The average molecular weight is 358 g/mol. The molecule has 0 radical (unpaired) electrons. The van der Waals surface area contributed by atoms with E-state index in [4.69, 9.17) is 0 Å². The molecule has 1 aliphatic carbocycles. The van der Waals surface area contributed by atoms with Crippen LogP contribution in [-0.4, -0.2) is 15.8 Å². The molecule has 5 heteroatoms. The van der Waals surface area contributed by atoms with Crippen molar-refractivity contribution >= 4 is 28.9 Å². The minimum Gasteiger partial charge on any atom is -0.339 e. The van der Waals surface area contributed by atoms with Gasteiger partial charge in [-0.25, -0.2) is 4.98 Å². The van der Waals surface area contributed by atoms with Crippen molar-refractivity contribution in [2.75, 3.05) is 10.6 Å². The maximum atomic E-state index is 12.7. The Hall–Kier alpha value is -3.21. The summed E-state index contributed by atoms with van der Waals surface area (Å²) in [6.45, 7) is 4.12. The van der Waals surface area contributed by atoms with Crippen LogP contribution in [0, 0.1) is 12.8 Å². The second-order valence-corrected chi connectivity index (χ2v) is 7.09. The smallest absolute Gasteiger partial charge is 0.229 e. The minimum absolute atomic E-state index is 0.103. The van der Waals surface area contributed by atoms with E-state index < -0.39 is 0 Å². The standard InChI is InChI=1S/C22H22N4O/c1-14-12-18-20(19(27)13-14)21(24-17-11-7-6-8-15(17)2)26-22(25-18)23-16-9-4-3-5-10-16/h3-11,14H,12-13H2,1-2H3,(H2,23,24,25,26). The van der Waals surface area contributed by atoms with E-state index in [9.17, 15) is 4.79 Å².